The molecule has 15 heavy (non-hydrogen) atoms. The molecule has 2 aromatic heterocycles. The summed E-state index contributed by atoms with van der Waals surface area (Å²) in [6, 6.07) is 3.32. The molecule has 0 spiro atoms. The van der Waals surface area contributed by atoms with Crippen molar-refractivity contribution in [2.24, 2.45) is 0 Å². The fourth-order valence-electron chi connectivity index (χ4n) is 1.16. The molecule has 6 heteroatoms. The molecule has 0 aliphatic rings. The van der Waals surface area contributed by atoms with Crippen molar-refractivity contribution in [1.82, 2.24) is 20.0 Å². The van der Waals surface area contributed by atoms with E-state index in [4.69, 9.17) is 4.74 Å². The van der Waals surface area contributed by atoms with E-state index < -0.39 is 0 Å². The molecule has 0 fully saturated rings. The Bertz CT molecular complexity index is 467. The number of methoxy groups -OCH3 is 1. The number of rotatable bonds is 3. The van der Waals surface area contributed by atoms with Gasteiger partial charge < -0.3 is 4.74 Å². The fourth-order valence-corrected chi connectivity index (χ4v) is 1.16. The van der Waals surface area contributed by atoms with Crippen LogP contribution in [0, 0.1) is 0 Å². The van der Waals surface area contributed by atoms with Gasteiger partial charge in [-0.1, -0.05) is 0 Å². The van der Waals surface area contributed by atoms with Gasteiger partial charge in [0, 0.05) is 6.07 Å². The molecule has 2 aromatic rings. The van der Waals surface area contributed by atoms with Gasteiger partial charge in [0.15, 0.2) is 6.29 Å². The summed E-state index contributed by atoms with van der Waals surface area (Å²) in [5.74, 6) is 0.382. The summed E-state index contributed by atoms with van der Waals surface area (Å²) in [6.07, 6.45) is 3.69. The summed E-state index contributed by atoms with van der Waals surface area (Å²) in [5.41, 5.74) is 0.765. The summed E-state index contributed by atoms with van der Waals surface area (Å²) in [6.45, 7) is 0. The standard InChI is InChI=1S/C9H8N4O2/c1-15-9-3-2-8(7(6-14)12-9)13-10-4-5-11-13/h2-6H,1H3. The fraction of sp³-hybridized carbons (Fsp3) is 0.111. The minimum absolute atomic E-state index is 0.241. The van der Waals surface area contributed by atoms with Crippen molar-refractivity contribution in [2.75, 3.05) is 7.11 Å². The van der Waals surface area contributed by atoms with Gasteiger partial charge in [0.05, 0.1) is 19.5 Å². The van der Waals surface area contributed by atoms with Crippen LogP contribution in [0.15, 0.2) is 24.5 Å². The van der Waals surface area contributed by atoms with Crippen LogP contribution >= 0.6 is 0 Å². The second-order valence-electron chi connectivity index (χ2n) is 2.69. The van der Waals surface area contributed by atoms with Crippen LogP contribution in [-0.4, -0.2) is 33.4 Å². The first kappa shape index (κ1) is 9.32. The van der Waals surface area contributed by atoms with E-state index in [-0.39, 0.29) is 5.69 Å². The van der Waals surface area contributed by atoms with E-state index in [1.807, 2.05) is 0 Å². The molecule has 0 aliphatic carbocycles. The maximum atomic E-state index is 10.8. The molecule has 0 unspecified atom stereocenters. The average Bonchev–Trinajstić information content (AvgIpc) is 2.81. The third kappa shape index (κ3) is 1.69. The predicted molar refractivity (Wildman–Crippen MR) is 51.1 cm³/mol. The van der Waals surface area contributed by atoms with Gasteiger partial charge in [-0.2, -0.15) is 10.2 Å². The van der Waals surface area contributed by atoms with Gasteiger partial charge in [-0.3, -0.25) is 4.79 Å². The number of aldehydes is 1. The smallest absolute Gasteiger partial charge is 0.213 e. The largest absolute Gasteiger partial charge is 0.481 e. The van der Waals surface area contributed by atoms with Crippen molar-refractivity contribution in [1.29, 1.82) is 0 Å². The topological polar surface area (TPSA) is 69.9 Å². The Morgan fingerprint density at radius 3 is 2.67 bits per heavy atom. The number of aromatic nitrogens is 4. The zero-order valence-corrected chi connectivity index (χ0v) is 7.99. The molecule has 0 saturated heterocycles. The monoisotopic (exact) mass is 204 g/mol. The highest BCUT2D eigenvalue weighted by Gasteiger charge is 2.08. The van der Waals surface area contributed by atoms with E-state index in [0.29, 0.717) is 17.9 Å². The Morgan fingerprint density at radius 2 is 2.07 bits per heavy atom. The van der Waals surface area contributed by atoms with Gasteiger partial charge in [-0.25, -0.2) is 4.98 Å². The molecule has 0 saturated carbocycles. The quantitative estimate of drug-likeness (QED) is 0.680. The highest BCUT2D eigenvalue weighted by Crippen LogP contribution is 2.13. The highest BCUT2D eigenvalue weighted by atomic mass is 16.5. The van der Waals surface area contributed by atoms with E-state index in [1.54, 1.807) is 12.1 Å². The second-order valence-corrected chi connectivity index (χ2v) is 2.69. The van der Waals surface area contributed by atoms with Gasteiger partial charge in [-0.15, -0.1) is 4.80 Å². The van der Waals surface area contributed by atoms with Gasteiger partial charge in [0.25, 0.3) is 0 Å². The van der Waals surface area contributed by atoms with Crippen molar-refractivity contribution in [3.63, 3.8) is 0 Å². The van der Waals surface area contributed by atoms with Gasteiger partial charge in [0.2, 0.25) is 5.88 Å². The van der Waals surface area contributed by atoms with Crippen molar-refractivity contribution >= 4 is 6.29 Å². The van der Waals surface area contributed by atoms with Crippen LogP contribution in [0.4, 0.5) is 0 Å². The maximum absolute atomic E-state index is 10.8. The second kappa shape index (κ2) is 3.87. The van der Waals surface area contributed by atoms with Gasteiger partial charge >= 0.3 is 0 Å². The molecule has 6 nitrogen and oxygen atoms in total. The lowest BCUT2D eigenvalue weighted by Crippen LogP contribution is -2.05. The molecular weight excluding hydrogens is 196 g/mol. The molecular formula is C9H8N4O2. The molecule has 0 atom stereocenters. The first-order valence-electron chi connectivity index (χ1n) is 4.22. The van der Waals surface area contributed by atoms with Crippen LogP contribution in [0.2, 0.25) is 0 Å². The summed E-state index contributed by atoms with van der Waals surface area (Å²) in [7, 11) is 1.49. The zero-order valence-electron chi connectivity index (χ0n) is 7.99. The lowest BCUT2D eigenvalue weighted by molar-refractivity contribution is 0.111. The van der Waals surface area contributed by atoms with Crippen molar-refractivity contribution < 1.29 is 9.53 Å². The van der Waals surface area contributed by atoms with Crippen molar-refractivity contribution in [3.8, 4) is 11.6 Å². The third-order valence-corrected chi connectivity index (χ3v) is 1.83. The first-order chi connectivity index (χ1) is 7.35. The minimum Gasteiger partial charge on any atom is -0.481 e. The molecule has 0 aromatic carbocycles. The Balaban J connectivity index is 2.52. The van der Waals surface area contributed by atoms with Crippen LogP contribution in [0.25, 0.3) is 5.69 Å². The van der Waals surface area contributed by atoms with Crippen LogP contribution < -0.4 is 4.74 Å². The minimum atomic E-state index is 0.241. The normalized spacial score (nSPS) is 9.93. The van der Waals surface area contributed by atoms with Gasteiger partial charge in [-0.05, 0) is 6.07 Å². The molecule has 0 bridgehead atoms. The van der Waals surface area contributed by atoms with E-state index in [0.717, 1.165) is 0 Å². The van der Waals surface area contributed by atoms with Crippen LogP contribution in [0.1, 0.15) is 10.5 Å². The SMILES string of the molecule is COc1ccc(-n2nccn2)c(C=O)n1. The Morgan fingerprint density at radius 1 is 1.33 bits per heavy atom. The predicted octanol–water partition coefficient (Wildman–Crippen LogP) is 0.483. The van der Waals surface area contributed by atoms with E-state index in [9.17, 15) is 4.79 Å². The van der Waals surface area contributed by atoms with Crippen LogP contribution in [0.3, 0.4) is 0 Å². The Kier molecular flexibility index (Phi) is 2.40. The first-order valence-corrected chi connectivity index (χ1v) is 4.22. The number of nitrogens with zero attached hydrogens (tertiary/aromatic N) is 4. The van der Waals surface area contributed by atoms with E-state index >= 15 is 0 Å². The van der Waals surface area contributed by atoms with Crippen molar-refractivity contribution in [3.05, 3.63) is 30.2 Å². The molecule has 2 rings (SSSR count). The number of pyridine rings is 1. The van der Waals surface area contributed by atoms with Crippen LogP contribution in [0.5, 0.6) is 5.88 Å². The lowest BCUT2D eigenvalue weighted by atomic mass is 10.3. The Hall–Kier alpha value is -2.24. The molecule has 76 valence electrons. The lowest BCUT2D eigenvalue weighted by Gasteiger charge is -2.04. The highest BCUT2D eigenvalue weighted by molar-refractivity contribution is 5.77. The molecule has 0 aliphatic heterocycles. The summed E-state index contributed by atoms with van der Waals surface area (Å²) >= 11 is 0. The number of carbonyl (C=O) groups excluding carboxylic acids is 1. The zero-order chi connectivity index (χ0) is 10.7. The summed E-state index contributed by atoms with van der Waals surface area (Å²) in [5, 5.41) is 7.83. The van der Waals surface area contributed by atoms with Crippen LogP contribution in [-0.2, 0) is 0 Å². The van der Waals surface area contributed by atoms with Gasteiger partial charge in [0.1, 0.15) is 11.4 Å². The molecule has 0 N–H and O–H groups in total. The summed E-state index contributed by atoms with van der Waals surface area (Å²) in [4.78, 5) is 16.1. The van der Waals surface area contributed by atoms with E-state index in [2.05, 4.69) is 15.2 Å². The molecule has 0 radical (unpaired) electrons. The number of ether oxygens (including phenoxy) is 1. The van der Waals surface area contributed by atoms with E-state index in [1.165, 1.54) is 24.3 Å². The number of hydrogen-bond acceptors (Lipinski definition) is 5. The third-order valence-electron chi connectivity index (χ3n) is 1.83. The van der Waals surface area contributed by atoms with Crippen molar-refractivity contribution in [2.45, 2.75) is 0 Å². The Labute approximate surface area is 85.5 Å². The molecule has 0 amide bonds. The number of carbonyl (C=O) groups is 1. The maximum Gasteiger partial charge on any atom is 0.213 e. The number of hydrogen-bond donors (Lipinski definition) is 0. The molecule has 2 heterocycles. The average molecular weight is 204 g/mol. The summed E-state index contributed by atoms with van der Waals surface area (Å²) < 4.78 is 4.91.